The molecule has 0 saturated carbocycles. The van der Waals surface area contributed by atoms with E-state index in [4.69, 9.17) is 16.6 Å². The van der Waals surface area contributed by atoms with Gasteiger partial charge in [-0.1, -0.05) is 0 Å². The number of nitrogen functional groups attached to an aromatic ring is 2. The Balaban J connectivity index is 1.59. The number of nitrogens with two attached hydrogens (primary N) is 2. The van der Waals surface area contributed by atoms with Crippen molar-refractivity contribution in [3.63, 3.8) is 0 Å². The molecule has 3 heterocycles. The molecule has 0 saturated heterocycles. The number of fused-ring (bicyclic) bond motifs is 2. The van der Waals surface area contributed by atoms with Gasteiger partial charge in [-0.3, -0.25) is 9.59 Å². The number of hydrogen-bond donors (Lipinski definition) is 5. The number of carbonyl (C=O) groups is 3. The quantitative estimate of drug-likeness (QED) is 0.240. The van der Waals surface area contributed by atoms with Gasteiger partial charge in [-0.05, 0) is 37.1 Å². The molecule has 0 radical (unpaired) electrons. The molecule has 0 aliphatic carbocycles. The maximum atomic E-state index is 12.7. The van der Waals surface area contributed by atoms with Gasteiger partial charge in [-0.2, -0.15) is 9.97 Å². The Labute approximate surface area is 197 Å². The third kappa shape index (κ3) is 4.93. The number of carboxylic acids is 2. The second kappa shape index (κ2) is 9.21. The minimum Gasteiger partial charge on any atom is -0.481 e. The number of nitrogens with one attached hydrogen (secondary N) is 1. The number of hydrogen-bond acceptors (Lipinski definition) is 9. The molecule has 1 aromatic carbocycles. The Morgan fingerprint density at radius 3 is 2.63 bits per heavy atom. The van der Waals surface area contributed by atoms with Crippen LogP contribution in [0.4, 0.5) is 11.8 Å². The first kappa shape index (κ1) is 23.4. The van der Waals surface area contributed by atoms with Crippen molar-refractivity contribution in [2.24, 2.45) is 0 Å². The number of aryl methyl sites for hydroxylation is 1. The number of aromatic nitrogens is 5. The van der Waals surface area contributed by atoms with Crippen molar-refractivity contribution in [1.82, 2.24) is 29.8 Å². The first-order valence-corrected chi connectivity index (χ1v) is 10.5. The van der Waals surface area contributed by atoms with Gasteiger partial charge in [0.05, 0.1) is 24.0 Å². The summed E-state index contributed by atoms with van der Waals surface area (Å²) in [6.07, 6.45) is 2.81. The largest absolute Gasteiger partial charge is 0.481 e. The Morgan fingerprint density at radius 1 is 1.14 bits per heavy atom. The van der Waals surface area contributed by atoms with Gasteiger partial charge in [0.2, 0.25) is 5.95 Å². The van der Waals surface area contributed by atoms with Crippen LogP contribution in [0.15, 0.2) is 30.6 Å². The van der Waals surface area contributed by atoms with Crippen LogP contribution in [0.5, 0.6) is 0 Å². The Bertz CT molecular complexity index is 1480. The van der Waals surface area contributed by atoms with Crippen LogP contribution in [0.2, 0.25) is 0 Å². The summed E-state index contributed by atoms with van der Waals surface area (Å²) in [6, 6.07) is 3.80. The van der Waals surface area contributed by atoms with Crippen LogP contribution in [-0.2, 0) is 16.1 Å². The average Bonchev–Trinajstić information content (AvgIpc) is 3.19. The van der Waals surface area contributed by atoms with Gasteiger partial charge in [0.25, 0.3) is 5.91 Å². The smallest absolute Gasteiger partial charge is 0.326 e. The third-order valence-electron chi connectivity index (χ3n) is 5.40. The molecule has 35 heavy (non-hydrogen) atoms. The van der Waals surface area contributed by atoms with Crippen LogP contribution in [0.1, 0.15) is 34.5 Å². The highest BCUT2D eigenvalue weighted by Gasteiger charge is 2.22. The summed E-state index contributed by atoms with van der Waals surface area (Å²) in [5, 5.41) is 21.3. The standard InChI is InChI=1S/C22H22N8O5/c1-10-6-12(20(33)27-14(21(34)35)2-3-15(31)32)7-11-4-5-30(17(10)11)9-13-8-25-19-16(26-13)18(23)28-22(24)29-19/h4-8,14H,2-3,9H2,1H3,(H,27,33)(H,31,32)(H,34,35)(H4,23,24,25,28,29). The van der Waals surface area contributed by atoms with E-state index < -0.39 is 23.9 Å². The zero-order chi connectivity index (χ0) is 25.3. The predicted molar refractivity (Wildman–Crippen MR) is 125 cm³/mol. The van der Waals surface area contributed by atoms with E-state index in [2.05, 4.69) is 25.3 Å². The van der Waals surface area contributed by atoms with Gasteiger partial charge in [0.1, 0.15) is 6.04 Å². The fourth-order valence-electron chi connectivity index (χ4n) is 3.83. The van der Waals surface area contributed by atoms with Gasteiger partial charge >= 0.3 is 11.9 Å². The van der Waals surface area contributed by atoms with Crippen molar-refractivity contribution in [3.8, 4) is 0 Å². The minimum absolute atomic E-state index is 0.0143. The molecular weight excluding hydrogens is 456 g/mol. The van der Waals surface area contributed by atoms with Crippen molar-refractivity contribution in [3.05, 3.63) is 47.4 Å². The van der Waals surface area contributed by atoms with Crippen molar-refractivity contribution in [2.45, 2.75) is 32.4 Å². The van der Waals surface area contributed by atoms with Gasteiger partial charge in [0, 0.05) is 23.6 Å². The number of anilines is 2. The van der Waals surface area contributed by atoms with Crippen molar-refractivity contribution >= 4 is 51.7 Å². The monoisotopic (exact) mass is 478 g/mol. The first-order chi connectivity index (χ1) is 16.6. The van der Waals surface area contributed by atoms with E-state index in [1.807, 2.05) is 23.8 Å². The van der Waals surface area contributed by atoms with Crippen LogP contribution in [0, 0.1) is 6.92 Å². The molecule has 13 heteroatoms. The molecule has 0 fully saturated rings. The second-order valence-corrected chi connectivity index (χ2v) is 7.97. The average molecular weight is 478 g/mol. The summed E-state index contributed by atoms with van der Waals surface area (Å²) < 4.78 is 1.93. The molecule has 4 aromatic rings. The minimum atomic E-state index is -1.31. The lowest BCUT2D eigenvalue weighted by atomic mass is 10.1. The Kier molecular flexibility index (Phi) is 6.14. The molecule has 13 nitrogen and oxygen atoms in total. The van der Waals surface area contributed by atoms with Gasteiger partial charge in [-0.15, -0.1) is 0 Å². The lowest BCUT2D eigenvalue weighted by Crippen LogP contribution is -2.41. The summed E-state index contributed by atoms with van der Waals surface area (Å²) in [7, 11) is 0. The SMILES string of the molecule is Cc1cc(C(=O)NC(CCC(=O)O)C(=O)O)cc2ccn(Cc3cnc4nc(N)nc(N)c4n3)c12. The van der Waals surface area contributed by atoms with E-state index in [0.717, 1.165) is 16.5 Å². The van der Waals surface area contributed by atoms with E-state index in [1.165, 1.54) is 0 Å². The fourth-order valence-corrected chi connectivity index (χ4v) is 3.83. The molecule has 3 aromatic heterocycles. The highest BCUT2D eigenvalue weighted by molar-refractivity contribution is 6.00. The molecule has 1 amide bonds. The lowest BCUT2D eigenvalue weighted by molar-refractivity contribution is -0.140. The van der Waals surface area contributed by atoms with Crippen LogP contribution < -0.4 is 16.8 Å². The molecule has 1 atom stereocenters. The maximum absolute atomic E-state index is 12.7. The molecule has 1 unspecified atom stereocenters. The molecule has 180 valence electrons. The molecule has 4 rings (SSSR count). The van der Waals surface area contributed by atoms with Crippen LogP contribution >= 0.6 is 0 Å². The number of rotatable bonds is 8. The van der Waals surface area contributed by atoms with E-state index in [0.29, 0.717) is 23.4 Å². The van der Waals surface area contributed by atoms with E-state index in [1.54, 1.807) is 18.3 Å². The zero-order valence-corrected chi connectivity index (χ0v) is 18.6. The highest BCUT2D eigenvalue weighted by atomic mass is 16.4. The van der Waals surface area contributed by atoms with Gasteiger partial charge in [-0.25, -0.2) is 14.8 Å². The highest BCUT2D eigenvalue weighted by Crippen LogP contribution is 2.24. The number of aliphatic carboxylic acids is 2. The van der Waals surface area contributed by atoms with E-state index in [-0.39, 0.29) is 30.2 Å². The van der Waals surface area contributed by atoms with Gasteiger partial charge < -0.3 is 31.6 Å². The fraction of sp³-hybridized carbons (Fsp3) is 0.227. The topological polar surface area (TPSA) is 212 Å². The number of carboxylic acid groups (broad SMARTS) is 2. The maximum Gasteiger partial charge on any atom is 0.326 e. The molecule has 0 spiro atoms. The number of carbonyl (C=O) groups excluding carboxylic acids is 1. The third-order valence-corrected chi connectivity index (χ3v) is 5.40. The van der Waals surface area contributed by atoms with Crippen LogP contribution in [-0.4, -0.2) is 58.6 Å². The van der Waals surface area contributed by atoms with Crippen molar-refractivity contribution < 1.29 is 24.6 Å². The normalized spacial score (nSPS) is 12.0. The summed E-state index contributed by atoms with van der Waals surface area (Å²) in [4.78, 5) is 51.6. The van der Waals surface area contributed by atoms with Crippen LogP contribution in [0.25, 0.3) is 22.1 Å². The summed E-state index contributed by atoms with van der Waals surface area (Å²) >= 11 is 0. The Hall–Kier alpha value is -4.81. The summed E-state index contributed by atoms with van der Waals surface area (Å²) in [5.41, 5.74) is 14.6. The van der Waals surface area contributed by atoms with Crippen molar-refractivity contribution in [1.29, 1.82) is 0 Å². The number of nitrogens with zero attached hydrogens (tertiary/aromatic N) is 5. The summed E-state index contributed by atoms with van der Waals surface area (Å²) in [5.74, 6) is -2.89. The molecule has 7 N–H and O–H groups in total. The molecule has 0 aliphatic heterocycles. The molecule has 0 bridgehead atoms. The second-order valence-electron chi connectivity index (χ2n) is 7.97. The molecule has 0 aliphatic rings. The zero-order valence-electron chi connectivity index (χ0n) is 18.6. The van der Waals surface area contributed by atoms with Crippen molar-refractivity contribution in [2.75, 3.05) is 11.5 Å². The lowest BCUT2D eigenvalue weighted by Gasteiger charge is -2.14. The van der Waals surface area contributed by atoms with E-state index in [9.17, 15) is 19.5 Å². The first-order valence-electron chi connectivity index (χ1n) is 10.5. The number of amides is 1. The van der Waals surface area contributed by atoms with Crippen LogP contribution in [0.3, 0.4) is 0 Å². The number of benzene rings is 1. The molecular formula is C22H22N8O5. The van der Waals surface area contributed by atoms with E-state index >= 15 is 0 Å². The predicted octanol–water partition coefficient (Wildman–Crippen LogP) is 0.943. The summed E-state index contributed by atoms with van der Waals surface area (Å²) in [6.45, 7) is 2.19. The Morgan fingerprint density at radius 2 is 1.91 bits per heavy atom. The van der Waals surface area contributed by atoms with Gasteiger partial charge in [0.15, 0.2) is 17.0 Å².